The van der Waals surface area contributed by atoms with Gasteiger partial charge < -0.3 is 4.90 Å². The average molecular weight is 528 g/mol. The minimum atomic E-state index is 0.107. The first-order valence-electron chi connectivity index (χ1n) is 11.4. The molecule has 1 fully saturated rings. The number of hydrogen-bond donors (Lipinski definition) is 1. The summed E-state index contributed by atoms with van der Waals surface area (Å²) in [6.45, 7) is 1.47. The molecule has 33 heavy (non-hydrogen) atoms. The summed E-state index contributed by atoms with van der Waals surface area (Å²) in [5.74, 6) is 0.730. The lowest BCUT2D eigenvalue weighted by atomic mass is 9.76. The number of rotatable bonds is 3. The van der Waals surface area contributed by atoms with Gasteiger partial charge in [0.25, 0.3) is 0 Å². The summed E-state index contributed by atoms with van der Waals surface area (Å²) >= 11 is 9.93. The highest BCUT2D eigenvalue weighted by molar-refractivity contribution is 9.10. The number of benzene rings is 1. The van der Waals surface area contributed by atoms with Crippen molar-refractivity contribution in [1.82, 2.24) is 9.88 Å². The molecule has 2 aromatic heterocycles. The Kier molecular flexibility index (Phi) is 6.39. The van der Waals surface area contributed by atoms with Crippen molar-refractivity contribution in [3.63, 3.8) is 0 Å². The highest BCUT2D eigenvalue weighted by atomic mass is 79.9. The van der Waals surface area contributed by atoms with Gasteiger partial charge in [0.2, 0.25) is 18.3 Å². The molecule has 3 heterocycles. The van der Waals surface area contributed by atoms with Crippen LogP contribution in [0.4, 0.5) is 0 Å². The van der Waals surface area contributed by atoms with E-state index in [1.54, 1.807) is 18.5 Å². The van der Waals surface area contributed by atoms with Gasteiger partial charge in [0.1, 0.15) is 0 Å². The summed E-state index contributed by atoms with van der Waals surface area (Å²) in [7, 11) is 0. The molecule has 2 aliphatic rings. The summed E-state index contributed by atoms with van der Waals surface area (Å²) < 4.78 is 2.00. The average Bonchev–Trinajstić information content (AvgIpc) is 2.95. The number of nitrogens with zero attached hydrogens (tertiary/aromatic N) is 3. The normalized spacial score (nSPS) is 18.4. The number of carbonyl (C=O) groups excluding carboxylic acids is 1. The zero-order chi connectivity index (χ0) is 22.9. The van der Waals surface area contributed by atoms with Gasteiger partial charge in [0, 0.05) is 51.1 Å². The summed E-state index contributed by atoms with van der Waals surface area (Å²) in [5, 5.41) is 10.4. The van der Waals surface area contributed by atoms with Crippen molar-refractivity contribution in [3.05, 3.63) is 92.4 Å². The first-order chi connectivity index (χ1) is 16.0. The van der Waals surface area contributed by atoms with Crippen LogP contribution < -0.4 is 4.73 Å². The van der Waals surface area contributed by atoms with E-state index in [-0.39, 0.29) is 11.8 Å². The molecule has 3 aromatic rings. The van der Waals surface area contributed by atoms with E-state index >= 15 is 0 Å². The van der Waals surface area contributed by atoms with E-state index in [1.165, 1.54) is 22.4 Å². The van der Waals surface area contributed by atoms with Gasteiger partial charge in [-0.3, -0.25) is 15.0 Å². The number of amides is 1. The second kappa shape index (κ2) is 9.43. The first kappa shape index (κ1) is 22.4. The van der Waals surface area contributed by atoms with Gasteiger partial charge in [0.05, 0.1) is 12.1 Å². The molecular weight excluding hydrogens is 502 g/mol. The van der Waals surface area contributed by atoms with Crippen molar-refractivity contribution < 1.29 is 14.7 Å². The molecule has 1 unspecified atom stereocenters. The molecule has 1 aliphatic carbocycles. The van der Waals surface area contributed by atoms with Crippen LogP contribution in [0.15, 0.2) is 59.5 Å². The summed E-state index contributed by atoms with van der Waals surface area (Å²) in [6, 6.07) is 12.1. The van der Waals surface area contributed by atoms with Gasteiger partial charge in [-0.1, -0.05) is 17.7 Å². The molecule has 5 nitrogen and oxygen atoms in total. The number of pyridine rings is 2. The summed E-state index contributed by atoms with van der Waals surface area (Å²) in [6.07, 6.45) is 9.10. The Hall–Kier alpha value is -2.44. The van der Waals surface area contributed by atoms with Gasteiger partial charge in [-0.15, -0.1) is 0 Å². The van der Waals surface area contributed by atoms with E-state index in [2.05, 4.69) is 34.1 Å². The molecule has 1 N–H and O–H groups in total. The van der Waals surface area contributed by atoms with Crippen LogP contribution in [0.5, 0.6) is 0 Å². The summed E-state index contributed by atoms with van der Waals surface area (Å²) in [5.41, 5.74) is 5.91. The molecule has 1 aromatic carbocycles. The smallest absolute Gasteiger partial charge is 0.227 e. The van der Waals surface area contributed by atoms with Gasteiger partial charge >= 0.3 is 0 Å². The van der Waals surface area contributed by atoms with E-state index in [0.717, 1.165) is 58.6 Å². The third kappa shape index (κ3) is 4.78. The molecule has 1 saturated heterocycles. The van der Waals surface area contributed by atoms with Gasteiger partial charge in [-0.2, -0.15) is 0 Å². The number of aryl methyl sites for hydroxylation is 2. The Morgan fingerprint density at radius 1 is 1.18 bits per heavy atom. The topological polar surface area (TPSA) is 57.3 Å². The van der Waals surface area contributed by atoms with Crippen molar-refractivity contribution in [2.75, 3.05) is 13.1 Å². The van der Waals surface area contributed by atoms with Crippen LogP contribution in [0.1, 0.15) is 46.7 Å². The van der Waals surface area contributed by atoms with Crippen molar-refractivity contribution in [3.8, 4) is 0 Å². The van der Waals surface area contributed by atoms with Crippen molar-refractivity contribution >= 4 is 33.4 Å². The Morgan fingerprint density at radius 2 is 1.97 bits per heavy atom. The van der Waals surface area contributed by atoms with Crippen LogP contribution in [0, 0.1) is 5.92 Å². The molecule has 7 heteroatoms. The monoisotopic (exact) mass is 526 g/mol. The van der Waals surface area contributed by atoms with E-state index in [0.29, 0.717) is 12.3 Å². The fourth-order valence-corrected chi connectivity index (χ4v) is 5.92. The van der Waals surface area contributed by atoms with Crippen LogP contribution in [0.25, 0.3) is 0 Å². The third-order valence-corrected chi connectivity index (χ3v) is 7.60. The molecule has 0 bridgehead atoms. The number of likely N-dealkylation sites (tertiary alicyclic amines) is 1. The Labute approximate surface area is 207 Å². The standard InChI is InChI=1S/C26H26BrClN3O2/c27-21-13-20-4-3-19-14-22(28)5-6-23(19)25(26(20)29-15-21)18-7-10-30(11-8-18)24(32)12-17-2-1-9-31(33)16-17/h1-2,5-6,9,13-16,18,25,33H,3-4,7-8,10-12H2/q+1. The maximum atomic E-state index is 12.9. The van der Waals surface area contributed by atoms with E-state index in [9.17, 15) is 10.0 Å². The fraction of sp³-hybridized carbons (Fsp3) is 0.346. The first-order valence-corrected chi connectivity index (χ1v) is 12.5. The van der Waals surface area contributed by atoms with Crippen molar-refractivity contribution in [1.29, 1.82) is 0 Å². The van der Waals surface area contributed by atoms with Crippen molar-refractivity contribution in [2.45, 2.75) is 38.0 Å². The molecule has 0 radical (unpaired) electrons. The molecule has 0 saturated carbocycles. The quantitative estimate of drug-likeness (QED) is 0.396. The Morgan fingerprint density at radius 3 is 2.76 bits per heavy atom. The van der Waals surface area contributed by atoms with Gasteiger partial charge in [0.15, 0.2) is 0 Å². The molecule has 1 atom stereocenters. The zero-order valence-corrected chi connectivity index (χ0v) is 20.6. The predicted octanol–water partition coefficient (Wildman–Crippen LogP) is 4.73. The van der Waals surface area contributed by atoms with Crippen LogP contribution in [-0.4, -0.2) is 34.1 Å². The summed E-state index contributed by atoms with van der Waals surface area (Å²) in [4.78, 5) is 19.7. The lowest BCUT2D eigenvalue weighted by molar-refractivity contribution is -0.905. The van der Waals surface area contributed by atoms with Crippen LogP contribution in [0.2, 0.25) is 5.02 Å². The largest absolute Gasteiger partial charge is 0.342 e. The van der Waals surface area contributed by atoms with Gasteiger partial charge in [-0.25, -0.2) is 0 Å². The molecule has 5 rings (SSSR count). The van der Waals surface area contributed by atoms with Crippen LogP contribution in [0.3, 0.4) is 0 Å². The van der Waals surface area contributed by atoms with Crippen LogP contribution in [-0.2, 0) is 24.1 Å². The van der Waals surface area contributed by atoms with E-state index < -0.39 is 0 Å². The maximum absolute atomic E-state index is 12.9. The number of hydrogen-bond acceptors (Lipinski definition) is 3. The minimum absolute atomic E-state index is 0.107. The van der Waals surface area contributed by atoms with E-state index in [1.807, 2.05) is 23.2 Å². The van der Waals surface area contributed by atoms with Gasteiger partial charge in [-0.05, 0) is 88.5 Å². The second-order valence-electron chi connectivity index (χ2n) is 9.01. The number of carbonyl (C=O) groups is 1. The number of fused-ring (bicyclic) bond motifs is 2. The minimum Gasteiger partial charge on any atom is -0.342 e. The second-order valence-corrected chi connectivity index (χ2v) is 10.4. The number of halogens is 2. The fourth-order valence-electron chi connectivity index (χ4n) is 5.34. The predicted molar refractivity (Wildman–Crippen MR) is 129 cm³/mol. The lowest BCUT2D eigenvalue weighted by Crippen LogP contribution is -2.41. The number of aromatic nitrogens is 2. The van der Waals surface area contributed by atoms with Crippen molar-refractivity contribution in [2.24, 2.45) is 5.92 Å². The molecule has 1 amide bonds. The number of piperidine rings is 1. The zero-order valence-electron chi connectivity index (χ0n) is 18.3. The third-order valence-electron chi connectivity index (χ3n) is 6.93. The molecular formula is C26H26BrClN3O2+. The SMILES string of the molecule is O=C(Cc1ccc[n+](O)c1)N1CCC(C2c3ccc(Cl)cc3CCc3cc(Br)cnc32)CC1. The lowest BCUT2D eigenvalue weighted by Gasteiger charge is -2.37. The molecule has 0 spiro atoms. The Bertz CT molecular complexity index is 1140. The molecule has 170 valence electrons. The van der Waals surface area contributed by atoms with Crippen LogP contribution >= 0.6 is 27.5 Å². The molecule has 1 aliphatic heterocycles. The maximum Gasteiger partial charge on any atom is 0.227 e. The highest BCUT2D eigenvalue weighted by Crippen LogP contribution is 2.43. The Balaban J connectivity index is 1.37. The van der Waals surface area contributed by atoms with E-state index in [4.69, 9.17) is 16.6 Å². The highest BCUT2D eigenvalue weighted by Gasteiger charge is 2.35.